The van der Waals surface area contributed by atoms with Crippen LogP contribution in [-0.4, -0.2) is 47.8 Å². The van der Waals surface area contributed by atoms with Crippen LogP contribution < -0.4 is 10.1 Å². The maximum absolute atomic E-state index is 13.2. The minimum Gasteiger partial charge on any atom is -0.492 e. The number of carbonyl (C=O) groups excluding carboxylic acids is 4. The first-order chi connectivity index (χ1) is 17.0. The number of imide groups is 1. The largest absolute Gasteiger partial charge is 0.492 e. The number of nitrogens with zero attached hydrogens (tertiary/aromatic N) is 1. The Morgan fingerprint density at radius 2 is 1.60 bits per heavy atom. The Bertz CT molecular complexity index is 1100. The van der Waals surface area contributed by atoms with Crippen LogP contribution in [0.25, 0.3) is 0 Å². The topological polar surface area (TPSA) is 102 Å². The van der Waals surface area contributed by atoms with Gasteiger partial charge in [-0.25, -0.2) is 4.79 Å². The molecule has 2 aromatic carbocycles. The molecule has 8 nitrogen and oxygen atoms in total. The van der Waals surface area contributed by atoms with Gasteiger partial charge in [-0.05, 0) is 37.5 Å². The van der Waals surface area contributed by atoms with Crippen LogP contribution >= 0.6 is 0 Å². The zero-order chi connectivity index (χ0) is 24.8. The molecule has 1 aliphatic heterocycles. The molecule has 4 rings (SSSR count). The van der Waals surface area contributed by atoms with Crippen molar-refractivity contribution < 1.29 is 28.7 Å². The molecule has 8 heteroatoms. The molecule has 1 saturated heterocycles. The lowest BCUT2D eigenvalue weighted by atomic mass is 9.85. The van der Waals surface area contributed by atoms with Crippen molar-refractivity contribution in [2.75, 3.05) is 18.5 Å². The Balaban J connectivity index is 1.47. The number of likely N-dealkylation sites (tertiary alicyclic amines) is 1. The predicted molar refractivity (Wildman–Crippen MR) is 128 cm³/mol. The summed E-state index contributed by atoms with van der Waals surface area (Å²) in [4.78, 5) is 53.0. The molecule has 182 valence electrons. The van der Waals surface area contributed by atoms with Crippen molar-refractivity contribution in [3.63, 3.8) is 0 Å². The van der Waals surface area contributed by atoms with Gasteiger partial charge in [-0.15, -0.1) is 0 Å². The summed E-state index contributed by atoms with van der Waals surface area (Å²) in [6.45, 7) is 1.70. The molecule has 1 N–H and O–H groups in total. The quantitative estimate of drug-likeness (QED) is 0.339. The van der Waals surface area contributed by atoms with Crippen LogP contribution in [0.15, 0.2) is 66.7 Å². The second-order valence-corrected chi connectivity index (χ2v) is 8.49. The third-order valence-corrected chi connectivity index (χ3v) is 6.20. The van der Waals surface area contributed by atoms with E-state index >= 15 is 0 Å². The Kier molecular flexibility index (Phi) is 7.60. The lowest BCUT2D eigenvalue weighted by Gasteiger charge is -2.25. The van der Waals surface area contributed by atoms with Gasteiger partial charge in [0.1, 0.15) is 11.8 Å². The summed E-state index contributed by atoms with van der Waals surface area (Å²) in [7, 11) is 0. The van der Waals surface area contributed by atoms with Crippen LogP contribution in [0.2, 0.25) is 0 Å². The standard InChI is InChI=1S/C27H28N2O6/c1-2-34-23-15-9-8-14-21(23)28-24(30)17-35-27(33)22(16-18-10-4-3-5-11-18)29-25(31)19-12-6-7-13-20(19)26(29)32/h3-11,14-15,19-20,22H,2,12-13,16-17H2,1H3,(H,28,30)/t19-,20+,22-/m0/s1. The van der Waals surface area contributed by atoms with E-state index in [1.807, 2.05) is 49.4 Å². The number of hydrogen-bond acceptors (Lipinski definition) is 6. The Labute approximate surface area is 203 Å². The molecule has 0 saturated carbocycles. The molecular formula is C27H28N2O6. The van der Waals surface area contributed by atoms with Crippen LogP contribution in [0.5, 0.6) is 5.75 Å². The number of amides is 3. The number of anilines is 1. The third kappa shape index (κ3) is 5.42. The molecule has 35 heavy (non-hydrogen) atoms. The number of allylic oxidation sites excluding steroid dienone is 2. The first kappa shape index (κ1) is 24.2. The van der Waals surface area contributed by atoms with E-state index in [0.717, 1.165) is 10.5 Å². The van der Waals surface area contributed by atoms with Gasteiger partial charge in [0, 0.05) is 6.42 Å². The molecular weight excluding hydrogens is 448 g/mol. The average Bonchev–Trinajstić information content (AvgIpc) is 3.13. The SMILES string of the molecule is CCOc1ccccc1NC(=O)COC(=O)[C@H](Cc1ccccc1)N1C(=O)[C@H]2CC=CC[C@H]2C1=O. The van der Waals surface area contributed by atoms with E-state index in [2.05, 4.69) is 5.32 Å². The smallest absolute Gasteiger partial charge is 0.330 e. The number of esters is 1. The second-order valence-electron chi connectivity index (χ2n) is 8.49. The van der Waals surface area contributed by atoms with Crippen molar-refractivity contribution in [2.45, 2.75) is 32.2 Å². The molecule has 2 aliphatic rings. The Morgan fingerprint density at radius 3 is 2.26 bits per heavy atom. The predicted octanol–water partition coefficient (Wildman–Crippen LogP) is 3.13. The van der Waals surface area contributed by atoms with Crippen LogP contribution in [0.3, 0.4) is 0 Å². The van der Waals surface area contributed by atoms with E-state index in [1.165, 1.54) is 0 Å². The van der Waals surface area contributed by atoms with Crippen LogP contribution in [0.1, 0.15) is 25.3 Å². The highest BCUT2D eigenvalue weighted by Gasteiger charge is 2.51. The lowest BCUT2D eigenvalue weighted by molar-refractivity contribution is -0.160. The highest BCUT2D eigenvalue weighted by atomic mass is 16.5. The first-order valence-electron chi connectivity index (χ1n) is 11.7. The lowest BCUT2D eigenvalue weighted by Crippen LogP contribution is -2.48. The zero-order valence-electron chi connectivity index (χ0n) is 19.5. The van der Waals surface area contributed by atoms with Gasteiger partial charge in [0.2, 0.25) is 11.8 Å². The molecule has 0 aromatic heterocycles. The van der Waals surface area contributed by atoms with E-state index in [0.29, 0.717) is 30.9 Å². The summed E-state index contributed by atoms with van der Waals surface area (Å²) in [6, 6.07) is 14.9. The minimum absolute atomic E-state index is 0.110. The Hall–Kier alpha value is -3.94. The number of benzene rings is 2. The fraction of sp³-hybridized carbons (Fsp3) is 0.333. The molecule has 1 heterocycles. The number of hydrogen-bond donors (Lipinski definition) is 1. The van der Waals surface area contributed by atoms with Crippen molar-refractivity contribution in [2.24, 2.45) is 11.8 Å². The van der Waals surface area contributed by atoms with E-state index < -0.39 is 36.4 Å². The number of ether oxygens (including phenoxy) is 2. The van der Waals surface area contributed by atoms with Gasteiger partial charge < -0.3 is 14.8 Å². The monoisotopic (exact) mass is 476 g/mol. The van der Waals surface area contributed by atoms with Crippen molar-refractivity contribution in [1.29, 1.82) is 0 Å². The molecule has 0 bridgehead atoms. The van der Waals surface area contributed by atoms with Crippen molar-refractivity contribution in [3.8, 4) is 5.75 Å². The fourth-order valence-electron chi connectivity index (χ4n) is 4.52. The maximum Gasteiger partial charge on any atom is 0.330 e. The van der Waals surface area contributed by atoms with Crippen LogP contribution in [-0.2, 0) is 30.3 Å². The van der Waals surface area contributed by atoms with Gasteiger partial charge in [0.15, 0.2) is 6.61 Å². The molecule has 3 atom stereocenters. The van der Waals surface area contributed by atoms with Gasteiger partial charge in [0.25, 0.3) is 5.91 Å². The normalized spacial score (nSPS) is 19.7. The van der Waals surface area contributed by atoms with Crippen LogP contribution in [0.4, 0.5) is 5.69 Å². The second kappa shape index (κ2) is 11.0. The summed E-state index contributed by atoms with van der Waals surface area (Å²) in [5.41, 5.74) is 1.23. The van der Waals surface area contributed by atoms with Gasteiger partial charge in [-0.2, -0.15) is 0 Å². The number of para-hydroxylation sites is 2. The maximum atomic E-state index is 13.2. The molecule has 2 aromatic rings. The van der Waals surface area contributed by atoms with E-state index in [1.54, 1.807) is 24.3 Å². The van der Waals surface area contributed by atoms with E-state index in [4.69, 9.17) is 9.47 Å². The van der Waals surface area contributed by atoms with Gasteiger partial charge in [-0.1, -0.05) is 54.6 Å². The molecule has 1 aliphatic carbocycles. The first-order valence-corrected chi connectivity index (χ1v) is 11.7. The van der Waals surface area contributed by atoms with E-state index in [-0.39, 0.29) is 18.2 Å². The fourth-order valence-corrected chi connectivity index (χ4v) is 4.52. The molecule has 1 fully saturated rings. The zero-order valence-corrected chi connectivity index (χ0v) is 19.5. The Morgan fingerprint density at radius 1 is 0.971 bits per heavy atom. The highest BCUT2D eigenvalue weighted by molar-refractivity contribution is 6.08. The van der Waals surface area contributed by atoms with Crippen LogP contribution in [0, 0.1) is 11.8 Å². The summed E-state index contributed by atoms with van der Waals surface area (Å²) >= 11 is 0. The van der Waals surface area contributed by atoms with Crippen molar-refractivity contribution >= 4 is 29.4 Å². The van der Waals surface area contributed by atoms with Crippen molar-refractivity contribution in [3.05, 3.63) is 72.3 Å². The van der Waals surface area contributed by atoms with Gasteiger partial charge in [-0.3, -0.25) is 19.3 Å². The minimum atomic E-state index is -1.15. The van der Waals surface area contributed by atoms with Gasteiger partial charge in [0.05, 0.1) is 24.1 Å². The number of carbonyl (C=O) groups is 4. The van der Waals surface area contributed by atoms with Gasteiger partial charge >= 0.3 is 5.97 Å². The summed E-state index contributed by atoms with van der Waals surface area (Å²) < 4.78 is 10.8. The molecule has 0 unspecified atom stereocenters. The molecule has 0 spiro atoms. The molecule has 3 amide bonds. The molecule has 0 radical (unpaired) electrons. The highest BCUT2D eigenvalue weighted by Crippen LogP contribution is 2.36. The summed E-state index contributed by atoms with van der Waals surface area (Å²) in [5, 5.41) is 2.67. The third-order valence-electron chi connectivity index (χ3n) is 6.20. The van der Waals surface area contributed by atoms with Crippen molar-refractivity contribution in [1.82, 2.24) is 4.90 Å². The summed E-state index contributed by atoms with van der Waals surface area (Å²) in [5.74, 6) is -2.50. The number of fused-ring (bicyclic) bond motifs is 1. The van der Waals surface area contributed by atoms with E-state index in [9.17, 15) is 19.2 Å². The summed E-state index contributed by atoms with van der Waals surface area (Å²) in [6.07, 6.45) is 4.84. The number of rotatable bonds is 9. The average molecular weight is 477 g/mol. The number of nitrogens with one attached hydrogen (secondary N) is 1.